The lowest BCUT2D eigenvalue weighted by Crippen LogP contribution is -2.39. The number of hydrogen-bond donors (Lipinski definition) is 1. The SMILES string of the molecule is CN=C(NCCCc1nnc(SC)n1C1CCCC1)N(C)Cc1cc(Cl)cn1C. The van der Waals surface area contributed by atoms with Crippen molar-refractivity contribution in [3.05, 3.63) is 28.8 Å². The van der Waals surface area contributed by atoms with Crippen LogP contribution in [0.15, 0.2) is 22.4 Å². The maximum absolute atomic E-state index is 6.10. The van der Waals surface area contributed by atoms with Crippen molar-refractivity contribution in [3.8, 4) is 0 Å². The summed E-state index contributed by atoms with van der Waals surface area (Å²) in [6.07, 6.45) is 11.0. The number of halogens is 1. The smallest absolute Gasteiger partial charge is 0.193 e. The zero-order valence-electron chi connectivity index (χ0n) is 17.9. The summed E-state index contributed by atoms with van der Waals surface area (Å²) < 4.78 is 4.43. The third kappa shape index (κ3) is 5.48. The highest BCUT2D eigenvalue weighted by molar-refractivity contribution is 7.98. The minimum Gasteiger partial charge on any atom is -0.356 e. The van der Waals surface area contributed by atoms with Crippen LogP contribution in [0, 0.1) is 0 Å². The van der Waals surface area contributed by atoms with Crippen molar-refractivity contribution in [2.75, 3.05) is 26.9 Å². The van der Waals surface area contributed by atoms with Gasteiger partial charge in [0.2, 0.25) is 0 Å². The first-order valence-electron chi connectivity index (χ1n) is 10.2. The monoisotopic (exact) mass is 437 g/mol. The molecule has 3 rings (SSSR count). The average molecular weight is 438 g/mol. The predicted octanol–water partition coefficient (Wildman–Crippen LogP) is 3.75. The summed E-state index contributed by atoms with van der Waals surface area (Å²) in [6, 6.07) is 2.57. The van der Waals surface area contributed by atoms with Crippen molar-refractivity contribution in [2.24, 2.45) is 12.0 Å². The summed E-state index contributed by atoms with van der Waals surface area (Å²) in [5, 5.41) is 14.2. The van der Waals surface area contributed by atoms with Crippen LogP contribution >= 0.6 is 23.4 Å². The van der Waals surface area contributed by atoms with Crippen molar-refractivity contribution >= 4 is 29.3 Å². The van der Waals surface area contributed by atoms with Crippen molar-refractivity contribution in [2.45, 2.75) is 56.3 Å². The summed E-state index contributed by atoms with van der Waals surface area (Å²) in [6.45, 7) is 1.59. The highest BCUT2D eigenvalue weighted by Gasteiger charge is 2.23. The van der Waals surface area contributed by atoms with Gasteiger partial charge in [-0.15, -0.1) is 10.2 Å². The highest BCUT2D eigenvalue weighted by Crippen LogP contribution is 2.33. The fourth-order valence-corrected chi connectivity index (χ4v) is 4.86. The molecule has 2 heterocycles. The van der Waals surface area contributed by atoms with Gasteiger partial charge in [-0.2, -0.15) is 0 Å². The Bertz CT molecular complexity index is 823. The van der Waals surface area contributed by atoms with Gasteiger partial charge in [-0.3, -0.25) is 4.99 Å². The number of aryl methyl sites for hydroxylation is 2. The van der Waals surface area contributed by atoms with E-state index in [9.17, 15) is 0 Å². The second kappa shape index (κ2) is 10.4. The third-order valence-electron chi connectivity index (χ3n) is 5.51. The van der Waals surface area contributed by atoms with Gasteiger partial charge in [-0.25, -0.2) is 0 Å². The number of thioether (sulfide) groups is 1. The van der Waals surface area contributed by atoms with E-state index in [1.807, 2.05) is 38.0 Å². The Morgan fingerprint density at radius 2 is 2.14 bits per heavy atom. The Morgan fingerprint density at radius 1 is 1.38 bits per heavy atom. The normalized spacial score (nSPS) is 15.3. The lowest BCUT2D eigenvalue weighted by molar-refractivity contribution is 0.453. The van der Waals surface area contributed by atoms with Gasteiger partial charge in [-0.05, 0) is 31.6 Å². The Balaban J connectivity index is 1.51. The number of guanidine groups is 1. The molecule has 0 bridgehead atoms. The molecule has 9 heteroatoms. The standard InChI is InChI=1S/C20H32ClN7S/c1-22-19(27(3)14-17-12-15(21)13-26(17)2)23-11-7-10-18-24-25-20(29-4)28(18)16-8-5-6-9-16/h12-13,16H,5-11,14H2,1-4H3,(H,22,23). The number of aromatic nitrogens is 4. The molecule has 2 aromatic rings. The van der Waals surface area contributed by atoms with Crippen LogP contribution in [0.2, 0.25) is 5.02 Å². The van der Waals surface area contributed by atoms with E-state index < -0.39 is 0 Å². The van der Waals surface area contributed by atoms with E-state index in [1.165, 1.54) is 25.7 Å². The topological polar surface area (TPSA) is 63.3 Å². The van der Waals surface area contributed by atoms with E-state index in [0.717, 1.165) is 53.6 Å². The zero-order chi connectivity index (χ0) is 20.8. The molecule has 2 aromatic heterocycles. The second-order valence-electron chi connectivity index (χ2n) is 7.61. The first-order valence-corrected chi connectivity index (χ1v) is 11.8. The summed E-state index contributed by atoms with van der Waals surface area (Å²) >= 11 is 7.79. The van der Waals surface area contributed by atoms with Crippen molar-refractivity contribution in [1.29, 1.82) is 0 Å². The van der Waals surface area contributed by atoms with Crippen LogP contribution in [0.3, 0.4) is 0 Å². The lowest BCUT2D eigenvalue weighted by Gasteiger charge is -2.22. The molecule has 0 spiro atoms. The van der Waals surface area contributed by atoms with Crippen LogP contribution in [0.5, 0.6) is 0 Å². The molecule has 1 aliphatic rings. The summed E-state index contributed by atoms with van der Waals surface area (Å²) in [5.41, 5.74) is 1.15. The first kappa shape index (κ1) is 22.0. The molecule has 1 fully saturated rings. The van der Waals surface area contributed by atoms with Gasteiger partial charge < -0.3 is 19.4 Å². The molecular formula is C20H32ClN7S. The quantitative estimate of drug-likeness (QED) is 0.295. The summed E-state index contributed by atoms with van der Waals surface area (Å²) in [7, 11) is 5.87. The van der Waals surface area contributed by atoms with Crippen molar-refractivity contribution in [1.82, 2.24) is 29.5 Å². The maximum Gasteiger partial charge on any atom is 0.193 e. The molecule has 0 atom stereocenters. The van der Waals surface area contributed by atoms with Crippen LogP contribution in [0.25, 0.3) is 0 Å². The molecule has 1 N–H and O–H groups in total. The predicted molar refractivity (Wildman–Crippen MR) is 121 cm³/mol. The number of hydrogen-bond acceptors (Lipinski definition) is 4. The molecule has 0 amide bonds. The Kier molecular flexibility index (Phi) is 7.89. The van der Waals surface area contributed by atoms with E-state index in [0.29, 0.717) is 6.04 Å². The molecular weight excluding hydrogens is 406 g/mol. The van der Waals surface area contributed by atoms with E-state index in [4.69, 9.17) is 11.6 Å². The first-order chi connectivity index (χ1) is 14.0. The molecule has 1 aliphatic carbocycles. The maximum atomic E-state index is 6.10. The lowest BCUT2D eigenvalue weighted by atomic mass is 10.2. The zero-order valence-corrected chi connectivity index (χ0v) is 19.4. The van der Waals surface area contributed by atoms with E-state index in [2.05, 4.69) is 36.2 Å². The molecule has 7 nitrogen and oxygen atoms in total. The van der Waals surface area contributed by atoms with Gasteiger partial charge in [-0.1, -0.05) is 36.2 Å². The van der Waals surface area contributed by atoms with Crippen LogP contribution < -0.4 is 5.32 Å². The van der Waals surface area contributed by atoms with Gasteiger partial charge in [0.1, 0.15) is 5.82 Å². The van der Waals surface area contributed by atoms with Gasteiger partial charge in [0.05, 0.1) is 11.6 Å². The molecule has 0 aliphatic heterocycles. The Labute approximate surface area is 182 Å². The number of nitrogens with one attached hydrogen (secondary N) is 1. The third-order valence-corrected chi connectivity index (χ3v) is 6.37. The Hall–Kier alpha value is -1.67. The van der Waals surface area contributed by atoms with Gasteiger partial charge in [0.25, 0.3) is 0 Å². The second-order valence-corrected chi connectivity index (χ2v) is 8.82. The van der Waals surface area contributed by atoms with E-state index in [1.54, 1.807) is 11.8 Å². The molecule has 160 valence electrons. The van der Waals surface area contributed by atoms with Gasteiger partial charge in [0.15, 0.2) is 11.1 Å². The molecule has 29 heavy (non-hydrogen) atoms. The molecule has 1 saturated carbocycles. The number of rotatable bonds is 8. The summed E-state index contributed by atoms with van der Waals surface area (Å²) in [5.74, 6) is 1.99. The number of nitrogens with zero attached hydrogens (tertiary/aromatic N) is 6. The van der Waals surface area contributed by atoms with Crippen molar-refractivity contribution in [3.63, 3.8) is 0 Å². The molecule has 0 aromatic carbocycles. The highest BCUT2D eigenvalue weighted by atomic mass is 35.5. The largest absolute Gasteiger partial charge is 0.356 e. The van der Waals surface area contributed by atoms with Crippen molar-refractivity contribution < 1.29 is 0 Å². The fourth-order valence-electron chi connectivity index (χ4n) is 4.02. The van der Waals surface area contributed by atoms with Gasteiger partial charge >= 0.3 is 0 Å². The van der Waals surface area contributed by atoms with Crippen LogP contribution in [-0.4, -0.2) is 57.1 Å². The Morgan fingerprint density at radius 3 is 2.76 bits per heavy atom. The average Bonchev–Trinajstić information content (AvgIpc) is 3.42. The van der Waals surface area contributed by atoms with Crippen LogP contribution in [0.1, 0.15) is 49.7 Å². The van der Waals surface area contributed by atoms with E-state index in [-0.39, 0.29) is 0 Å². The van der Waals surface area contributed by atoms with E-state index >= 15 is 0 Å². The molecule has 0 radical (unpaired) electrons. The minimum absolute atomic E-state index is 0.575. The fraction of sp³-hybridized carbons (Fsp3) is 0.650. The van der Waals surface area contributed by atoms with Gasteiger partial charge in [0, 0.05) is 52.0 Å². The van der Waals surface area contributed by atoms with Crippen LogP contribution in [-0.2, 0) is 20.0 Å². The summed E-state index contributed by atoms with van der Waals surface area (Å²) in [4.78, 5) is 6.53. The van der Waals surface area contributed by atoms with Crippen LogP contribution in [0.4, 0.5) is 0 Å². The number of aliphatic imine (C=N–C) groups is 1. The minimum atomic E-state index is 0.575. The molecule has 0 unspecified atom stereocenters. The molecule has 0 saturated heterocycles.